The fourth-order valence-corrected chi connectivity index (χ4v) is 1.68. The zero-order valence-corrected chi connectivity index (χ0v) is 11.5. The first-order valence-electron chi connectivity index (χ1n) is 6.82. The van der Waals surface area contributed by atoms with Crippen molar-refractivity contribution in [2.24, 2.45) is 5.92 Å². The number of aliphatic hydroxyl groups is 2. The number of nitrogens with one attached hydrogen (secondary N) is 1. The van der Waals surface area contributed by atoms with Gasteiger partial charge in [0, 0.05) is 13.2 Å². The molecule has 19 heavy (non-hydrogen) atoms. The topological polar surface area (TPSA) is 74.9 Å². The van der Waals surface area contributed by atoms with E-state index in [1.54, 1.807) is 6.26 Å². The van der Waals surface area contributed by atoms with Gasteiger partial charge in [0.1, 0.15) is 12.4 Å². The second kappa shape index (κ2) is 9.97. The first-order valence-corrected chi connectivity index (χ1v) is 6.82. The summed E-state index contributed by atoms with van der Waals surface area (Å²) >= 11 is 0. The van der Waals surface area contributed by atoms with E-state index in [4.69, 9.17) is 14.3 Å². The van der Waals surface area contributed by atoms with Gasteiger partial charge in [-0.1, -0.05) is 6.92 Å². The van der Waals surface area contributed by atoms with Crippen LogP contribution in [0.5, 0.6) is 0 Å². The largest absolute Gasteiger partial charge is 0.467 e. The van der Waals surface area contributed by atoms with Crippen LogP contribution in [-0.4, -0.2) is 42.6 Å². The van der Waals surface area contributed by atoms with Gasteiger partial charge >= 0.3 is 0 Å². The number of hydrogen-bond donors (Lipinski definition) is 3. The molecule has 0 bridgehead atoms. The number of ether oxygens (including phenoxy) is 1. The highest BCUT2D eigenvalue weighted by Gasteiger charge is 2.05. The molecule has 0 aliphatic rings. The van der Waals surface area contributed by atoms with Gasteiger partial charge in [0.05, 0.1) is 19.0 Å². The maximum absolute atomic E-state index is 9.67. The Labute approximate surface area is 114 Å². The molecule has 110 valence electrons. The van der Waals surface area contributed by atoms with Gasteiger partial charge in [-0.15, -0.1) is 0 Å². The Morgan fingerprint density at radius 2 is 2.32 bits per heavy atom. The highest BCUT2D eigenvalue weighted by molar-refractivity contribution is 4.96. The van der Waals surface area contributed by atoms with E-state index in [2.05, 4.69) is 5.32 Å². The molecule has 2 unspecified atom stereocenters. The van der Waals surface area contributed by atoms with E-state index >= 15 is 0 Å². The van der Waals surface area contributed by atoms with Crippen LogP contribution < -0.4 is 5.32 Å². The van der Waals surface area contributed by atoms with Crippen LogP contribution >= 0.6 is 0 Å². The first kappa shape index (κ1) is 16.2. The molecule has 0 aliphatic heterocycles. The highest BCUT2D eigenvalue weighted by Crippen LogP contribution is 2.03. The van der Waals surface area contributed by atoms with Gasteiger partial charge in [-0.3, -0.25) is 0 Å². The van der Waals surface area contributed by atoms with Gasteiger partial charge in [0.2, 0.25) is 0 Å². The van der Waals surface area contributed by atoms with Gasteiger partial charge in [-0.25, -0.2) is 0 Å². The quantitative estimate of drug-likeness (QED) is 0.527. The van der Waals surface area contributed by atoms with Crippen LogP contribution in [0.15, 0.2) is 22.8 Å². The minimum atomic E-state index is -0.509. The molecule has 0 aliphatic carbocycles. The molecule has 5 heteroatoms. The Morgan fingerprint density at radius 1 is 1.47 bits per heavy atom. The Morgan fingerprint density at radius 3 is 3.00 bits per heavy atom. The summed E-state index contributed by atoms with van der Waals surface area (Å²) in [4.78, 5) is 0. The third-order valence-corrected chi connectivity index (χ3v) is 2.88. The summed E-state index contributed by atoms with van der Waals surface area (Å²) in [5.74, 6) is 1.11. The van der Waals surface area contributed by atoms with Crippen molar-refractivity contribution in [3.63, 3.8) is 0 Å². The molecule has 1 aromatic rings. The lowest BCUT2D eigenvalue weighted by Gasteiger charge is -2.12. The lowest BCUT2D eigenvalue weighted by molar-refractivity contribution is 0.0227. The lowest BCUT2D eigenvalue weighted by atomic mass is 10.1. The molecule has 2 atom stereocenters. The summed E-state index contributed by atoms with van der Waals surface area (Å²) < 4.78 is 10.5. The third kappa shape index (κ3) is 8.00. The molecule has 0 saturated carbocycles. The summed E-state index contributed by atoms with van der Waals surface area (Å²) in [5.41, 5.74) is 0. The second-order valence-electron chi connectivity index (χ2n) is 4.88. The van der Waals surface area contributed by atoms with Gasteiger partial charge in [-0.05, 0) is 37.4 Å². The van der Waals surface area contributed by atoms with Crippen molar-refractivity contribution in [3.05, 3.63) is 24.2 Å². The average molecular weight is 271 g/mol. The van der Waals surface area contributed by atoms with Crippen molar-refractivity contribution in [2.45, 2.75) is 32.5 Å². The highest BCUT2D eigenvalue weighted by atomic mass is 16.5. The van der Waals surface area contributed by atoms with Crippen molar-refractivity contribution in [3.8, 4) is 0 Å². The van der Waals surface area contributed by atoms with Crippen molar-refractivity contribution < 1.29 is 19.4 Å². The molecule has 0 spiro atoms. The summed E-state index contributed by atoms with van der Waals surface area (Å²) in [5, 5.41) is 21.7. The standard InChI is InChI=1S/C14H25NO4/c1-12(9-16)4-2-6-15-8-13(17)10-18-11-14-5-3-7-19-14/h3,5,7,12-13,15-17H,2,4,6,8-11H2,1H3. The van der Waals surface area contributed by atoms with Crippen molar-refractivity contribution in [1.82, 2.24) is 5.32 Å². The molecule has 1 rings (SSSR count). The van der Waals surface area contributed by atoms with Crippen molar-refractivity contribution in [1.29, 1.82) is 0 Å². The van der Waals surface area contributed by atoms with Crippen LogP contribution in [-0.2, 0) is 11.3 Å². The van der Waals surface area contributed by atoms with E-state index < -0.39 is 6.10 Å². The monoisotopic (exact) mass is 271 g/mol. The predicted molar refractivity (Wildman–Crippen MR) is 72.7 cm³/mol. The molecule has 1 aromatic heterocycles. The van der Waals surface area contributed by atoms with Gasteiger partial charge < -0.3 is 24.7 Å². The zero-order valence-electron chi connectivity index (χ0n) is 11.5. The Balaban J connectivity index is 1.91. The van der Waals surface area contributed by atoms with Crippen molar-refractivity contribution >= 4 is 0 Å². The maximum Gasteiger partial charge on any atom is 0.129 e. The predicted octanol–water partition coefficient (Wildman–Crippen LogP) is 1.16. The van der Waals surface area contributed by atoms with Crippen LogP contribution in [0, 0.1) is 5.92 Å². The molecule has 0 aromatic carbocycles. The smallest absolute Gasteiger partial charge is 0.129 e. The van der Waals surface area contributed by atoms with Gasteiger partial charge in [0.15, 0.2) is 0 Å². The lowest BCUT2D eigenvalue weighted by Crippen LogP contribution is -2.31. The summed E-state index contributed by atoms with van der Waals surface area (Å²) in [6.07, 6.45) is 3.09. The van der Waals surface area contributed by atoms with E-state index in [0.29, 0.717) is 25.7 Å². The minimum Gasteiger partial charge on any atom is -0.467 e. The number of aliphatic hydroxyl groups excluding tert-OH is 2. The molecule has 0 amide bonds. The zero-order chi connectivity index (χ0) is 13.9. The van der Waals surface area contributed by atoms with E-state index in [1.807, 2.05) is 19.1 Å². The Kier molecular flexibility index (Phi) is 8.49. The second-order valence-corrected chi connectivity index (χ2v) is 4.88. The number of rotatable bonds is 11. The number of hydrogen-bond acceptors (Lipinski definition) is 5. The summed E-state index contributed by atoms with van der Waals surface area (Å²) in [7, 11) is 0. The summed E-state index contributed by atoms with van der Waals surface area (Å²) in [6.45, 7) is 4.31. The van der Waals surface area contributed by atoms with E-state index in [9.17, 15) is 5.11 Å². The fraction of sp³-hybridized carbons (Fsp3) is 0.714. The molecule has 0 saturated heterocycles. The van der Waals surface area contributed by atoms with E-state index in [1.165, 1.54) is 0 Å². The molecular formula is C14H25NO4. The maximum atomic E-state index is 9.67. The van der Waals surface area contributed by atoms with Crippen LogP contribution in [0.3, 0.4) is 0 Å². The van der Waals surface area contributed by atoms with E-state index in [0.717, 1.165) is 25.1 Å². The van der Waals surface area contributed by atoms with Crippen LogP contribution in [0.1, 0.15) is 25.5 Å². The number of furan rings is 1. The van der Waals surface area contributed by atoms with Crippen molar-refractivity contribution in [2.75, 3.05) is 26.3 Å². The SMILES string of the molecule is CC(CO)CCCNCC(O)COCc1ccco1. The van der Waals surface area contributed by atoms with E-state index in [-0.39, 0.29) is 6.61 Å². The molecule has 0 radical (unpaired) electrons. The molecule has 0 fully saturated rings. The minimum absolute atomic E-state index is 0.239. The Bertz CT molecular complexity index is 302. The van der Waals surface area contributed by atoms with Gasteiger partial charge in [-0.2, -0.15) is 0 Å². The normalized spacial score (nSPS) is 14.5. The van der Waals surface area contributed by atoms with Crippen LogP contribution in [0.25, 0.3) is 0 Å². The average Bonchev–Trinajstić information content (AvgIpc) is 2.91. The Hall–Kier alpha value is -0.880. The first-order chi connectivity index (χ1) is 9.22. The van der Waals surface area contributed by atoms with Crippen LogP contribution in [0.2, 0.25) is 0 Å². The van der Waals surface area contributed by atoms with Crippen LogP contribution in [0.4, 0.5) is 0 Å². The summed E-state index contributed by atoms with van der Waals surface area (Å²) in [6, 6.07) is 3.65. The molecule has 3 N–H and O–H groups in total. The van der Waals surface area contributed by atoms with Gasteiger partial charge in [0.25, 0.3) is 0 Å². The molecule has 1 heterocycles. The molecular weight excluding hydrogens is 246 g/mol. The molecule has 5 nitrogen and oxygen atoms in total. The fourth-order valence-electron chi connectivity index (χ4n) is 1.68. The third-order valence-electron chi connectivity index (χ3n) is 2.88.